The number of hydrogen-bond donors (Lipinski definition) is 2. The third-order valence-electron chi connectivity index (χ3n) is 8.15. The minimum Gasteiger partial charge on any atom is -0.376 e. The molecular weight excluding hydrogens is 553 g/mol. The molecule has 0 radical (unpaired) electrons. The van der Waals surface area contributed by atoms with E-state index in [1.54, 1.807) is 19.1 Å². The number of halogens is 2. The molecule has 0 saturated carbocycles. The van der Waals surface area contributed by atoms with Gasteiger partial charge in [0, 0.05) is 55.0 Å². The normalized spacial score (nSPS) is 22.5. The standard InChI is InChI=1S/C30H41ClFN3O4S/c1-4-40(37,38)35-16-15-33-20-24(35)12-13-25-27(32)6-5-7-28(25)34-29(36)18-26(21-8-10-23(31)11-9-21)22-14-17-39-30(2,3)19-22/h5-11,22,24,26,33H,4,12-20H2,1-3H3,(H,34,36). The van der Waals surface area contributed by atoms with Gasteiger partial charge >= 0.3 is 0 Å². The van der Waals surface area contributed by atoms with Crippen LogP contribution in [0.4, 0.5) is 10.1 Å². The molecule has 2 aromatic carbocycles. The maximum absolute atomic E-state index is 15.1. The maximum atomic E-state index is 15.1. The highest BCUT2D eigenvalue weighted by Gasteiger charge is 2.35. The summed E-state index contributed by atoms with van der Waals surface area (Å²) in [6, 6.07) is 12.1. The molecule has 2 heterocycles. The number of anilines is 1. The lowest BCUT2D eigenvalue weighted by Crippen LogP contribution is -2.54. The number of piperazine rings is 1. The lowest BCUT2D eigenvalue weighted by atomic mass is 9.75. The number of nitrogens with zero attached hydrogens (tertiary/aromatic N) is 1. The van der Waals surface area contributed by atoms with Crippen LogP contribution in [0.5, 0.6) is 0 Å². The van der Waals surface area contributed by atoms with Crippen molar-refractivity contribution in [3.8, 4) is 0 Å². The number of carbonyl (C=O) groups excluding carboxylic acids is 1. The lowest BCUT2D eigenvalue weighted by Gasteiger charge is -2.39. The van der Waals surface area contributed by atoms with E-state index in [4.69, 9.17) is 16.3 Å². The van der Waals surface area contributed by atoms with Gasteiger partial charge in [0.2, 0.25) is 15.9 Å². The molecule has 0 bridgehead atoms. The van der Waals surface area contributed by atoms with Crippen LogP contribution in [0, 0.1) is 11.7 Å². The molecule has 220 valence electrons. The summed E-state index contributed by atoms with van der Waals surface area (Å²) in [5.74, 6) is -0.368. The van der Waals surface area contributed by atoms with Crippen molar-refractivity contribution in [1.82, 2.24) is 9.62 Å². The van der Waals surface area contributed by atoms with Crippen LogP contribution >= 0.6 is 11.6 Å². The highest BCUT2D eigenvalue weighted by atomic mass is 35.5. The third-order valence-corrected chi connectivity index (χ3v) is 10.3. The van der Waals surface area contributed by atoms with Gasteiger partial charge in [-0.05, 0) is 88.1 Å². The van der Waals surface area contributed by atoms with Gasteiger partial charge in [-0.2, -0.15) is 4.31 Å². The fourth-order valence-electron chi connectivity index (χ4n) is 6.05. The summed E-state index contributed by atoms with van der Waals surface area (Å²) < 4.78 is 47.8. The van der Waals surface area contributed by atoms with Crippen LogP contribution in [0.3, 0.4) is 0 Å². The SMILES string of the molecule is CCS(=O)(=O)N1CCNCC1CCc1c(F)cccc1NC(=O)CC(c1ccc(Cl)cc1)C1CCOC(C)(C)C1. The first-order chi connectivity index (χ1) is 19.0. The van der Waals surface area contributed by atoms with Gasteiger partial charge in [-0.15, -0.1) is 0 Å². The second-order valence-corrected chi connectivity index (χ2v) is 14.1. The van der Waals surface area contributed by atoms with Crippen molar-refractivity contribution >= 4 is 33.2 Å². The van der Waals surface area contributed by atoms with Gasteiger partial charge in [0.25, 0.3) is 0 Å². The Bertz CT molecular complexity index is 1270. The van der Waals surface area contributed by atoms with Crippen LogP contribution < -0.4 is 10.6 Å². The average molecular weight is 594 g/mol. The molecule has 0 aliphatic carbocycles. The van der Waals surface area contributed by atoms with E-state index in [1.165, 1.54) is 10.4 Å². The number of nitrogens with one attached hydrogen (secondary N) is 2. The Labute approximate surface area is 242 Å². The Kier molecular flexibility index (Phi) is 10.3. The van der Waals surface area contributed by atoms with Crippen molar-refractivity contribution < 1.29 is 22.3 Å². The molecular formula is C30H41ClFN3O4S. The van der Waals surface area contributed by atoms with Gasteiger partial charge in [0.15, 0.2) is 0 Å². The molecule has 2 N–H and O–H groups in total. The van der Waals surface area contributed by atoms with E-state index in [-0.39, 0.29) is 41.6 Å². The predicted molar refractivity (Wildman–Crippen MR) is 158 cm³/mol. The van der Waals surface area contributed by atoms with Crippen LogP contribution in [0.1, 0.15) is 63.5 Å². The number of hydrogen-bond acceptors (Lipinski definition) is 5. The van der Waals surface area contributed by atoms with Gasteiger partial charge in [0.05, 0.1) is 11.4 Å². The molecule has 7 nitrogen and oxygen atoms in total. The van der Waals surface area contributed by atoms with Crippen LogP contribution in [0.2, 0.25) is 5.02 Å². The summed E-state index contributed by atoms with van der Waals surface area (Å²) in [5, 5.41) is 6.87. The van der Waals surface area contributed by atoms with Crippen LogP contribution in [-0.4, -0.2) is 62.3 Å². The largest absolute Gasteiger partial charge is 0.376 e. The predicted octanol–water partition coefficient (Wildman–Crippen LogP) is 5.35. The zero-order valence-corrected chi connectivity index (χ0v) is 25.2. The summed E-state index contributed by atoms with van der Waals surface area (Å²) in [5.41, 5.74) is 1.60. The molecule has 2 aliphatic rings. The van der Waals surface area contributed by atoms with E-state index in [2.05, 4.69) is 24.5 Å². The molecule has 10 heteroatoms. The quantitative estimate of drug-likeness (QED) is 0.388. The van der Waals surface area contributed by atoms with Gasteiger partial charge in [-0.25, -0.2) is 12.8 Å². The Balaban J connectivity index is 1.50. The van der Waals surface area contributed by atoms with E-state index >= 15 is 4.39 Å². The van der Waals surface area contributed by atoms with Gasteiger partial charge in [-0.3, -0.25) is 4.79 Å². The number of carbonyl (C=O) groups is 1. The summed E-state index contributed by atoms with van der Waals surface area (Å²) in [7, 11) is -3.36. The first-order valence-electron chi connectivity index (χ1n) is 14.2. The Morgan fingerprint density at radius 1 is 1.25 bits per heavy atom. The minimum atomic E-state index is -3.36. The molecule has 2 aliphatic heterocycles. The van der Waals surface area contributed by atoms with Gasteiger partial charge in [-0.1, -0.05) is 29.8 Å². The highest BCUT2D eigenvalue weighted by Crippen LogP contribution is 2.40. The number of benzene rings is 2. The molecule has 2 aromatic rings. The Hall–Kier alpha value is -2.04. The maximum Gasteiger partial charge on any atom is 0.225 e. The Morgan fingerprint density at radius 3 is 2.70 bits per heavy atom. The smallest absolute Gasteiger partial charge is 0.225 e. The topological polar surface area (TPSA) is 87.7 Å². The third kappa shape index (κ3) is 7.82. The summed E-state index contributed by atoms with van der Waals surface area (Å²) in [4.78, 5) is 13.5. The molecule has 4 rings (SSSR count). The van der Waals surface area contributed by atoms with E-state index in [1.807, 2.05) is 24.3 Å². The fraction of sp³-hybridized carbons (Fsp3) is 0.567. The van der Waals surface area contributed by atoms with Crippen molar-refractivity contribution in [1.29, 1.82) is 0 Å². The molecule has 0 aromatic heterocycles. The van der Waals surface area contributed by atoms with E-state index in [0.29, 0.717) is 55.4 Å². The number of rotatable bonds is 10. The zero-order chi connectivity index (χ0) is 28.9. The fourth-order valence-corrected chi connectivity index (χ4v) is 7.51. The molecule has 0 spiro atoms. The van der Waals surface area contributed by atoms with E-state index in [0.717, 1.165) is 18.4 Å². The summed E-state index contributed by atoms with van der Waals surface area (Å²) in [6.45, 7) is 7.93. The second kappa shape index (κ2) is 13.3. The first-order valence-corrected chi connectivity index (χ1v) is 16.1. The van der Waals surface area contributed by atoms with Crippen molar-refractivity contribution in [2.45, 2.75) is 70.4 Å². The van der Waals surface area contributed by atoms with Crippen LogP contribution in [0.15, 0.2) is 42.5 Å². The highest BCUT2D eigenvalue weighted by molar-refractivity contribution is 7.89. The molecule has 2 saturated heterocycles. The minimum absolute atomic E-state index is 0.0313. The van der Waals surface area contributed by atoms with Crippen molar-refractivity contribution in [2.75, 3.05) is 37.3 Å². The van der Waals surface area contributed by atoms with Gasteiger partial charge < -0.3 is 15.4 Å². The molecule has 40 heavy (non-hydrogen) atoms. The molecule has 3 atom stereocenters. The summed E-state index contributed by atoms with van der Waals surface area (Å²) in [6.07, 6.45) is 2.67. The van der Waals surface area contributed by atoms with Crippen molar-refractivity contribution in [3.63, 3.8) is 0 Å². The zero-order valence-electron chi connectivity index (χ0n) is 23.6. The summed E-state index contributed by atoms with van der Waals surface area (Å²) >= 11 is 6.15. The molecule has 3 unspecified atom stereocenters. The van der Waals surface area contributed by atoms with E-state index < -0.39 is 15.8 Å². The van der Waals surface area contributed by atoms with Gasteiger partial charge in [0.1, 0.15) is 5.82 Å². The molecule has 2 fully saturated rings. The monoisotopic (exact) mass is 593 g/mol. The van der Waals surface area contributed by atoms with E-state index in [9.17, 15) is 13.2 Å². The lowest BCUT2D eigenvalue weighted by molar-refractivity contribution is -0.118. The van der Waals surface area contributed by atoms with Crippen LogP contribution in [-0.2, 0) is 26.0 Å². The molecule has 1 amide bonds. The first kappa shape index (κ1) is 30.9. The Morgan fingerprint density at radius 2 is 2.00 bits per heavy atom. The van der Waals surface area contributed by atoms with Crippen molar-refractivity contribution in [2.24, 2.45) is 5.92 Å². The number of ether oxygens (including phenoxy) is 1. The number of sulfonamides is 1. The number of amides is 1. The average Bonchev–Trinajstić information content (AvgIpc) is 2.91. The van der Waals surface area contributed by atoms with Crippen LogP contribution in [0.25, 0.3) is 0 Å². The second-order valence-electron chi connectivity index (χ2n) is 11.4. The van der Waals surface area contributed by atoms with Crippen molar-refractivity contribution in [3.05, 3.63) is 64.4 Å².